The molecule has 2 aliphatic rings. The molecule has 2 fully saturated rings. The number of hydrogen-bond acceptors (Lipinski definition) is 5. The third-order valence-electron chi connectivity index (χ3n) is 6.64. The van der Waals surface area contributed by atoms with Crippen molar-refractivity contribution < 1.29 is 14.6 Å². The minimum atomic E-state index is 0.0152. The summed E-state index contributed by atoms with van der Waals surface area (Å²) in [4.78, 5) is 21.9. The zero-order valence-corrected chi connectivity index (χ0v) is 16.5. The van der Waals surface area contributed by atoms with Crippen LogP contribution < -0.4 is 0 Å². The molecule has 1 atom stereocenters. The Kier molecular flexibility index (Phi) is 5.62. The van der Waals surface area contributed by atoms with E-state index in [0.717, 1.165) is 56.3 Å². The van der Waals surface area contributed by atoms with Gasteiger partial charge < -0.3 is 19.6 Å². The number of aliphatic hydroxyl groups excluding tert-OH is 1. The Morgan fingerprint density at radius 1 is 1.29 bits per heavy atom. The Balaban J connectivity index is 1.47. The lowest BCUT2D eigenvalue weighted by Crippen LogP contribution is -2.47. The molecule has 2 saturated heterocycles. The van der Waals surface area contributed by atoms with Crippen LogP contribution in [0.1, 0.15) is 23.3 Å². The number of nitrogens with zero attached hydrogens (tertiary/aromatic N) is 3. The van der Waals surface area contributed by atoms with Gasteiger partial charge in [0.05, 0.1) is 6.61 Å². The van der Waals surface area contributed by atoms with Crippen molar-refractivity contribution in [1.29, 1.82) is 0 Å². The van der Waals surface area contributed by atoms with Crippen LogP contribution in [0.4, 0.5) is 0 Å². The van der Waals surface area contributed by atoms with E-state index >= 15 is 0 Å². The molecular weight excluding hydrogens is 354 g/mol. The third kappa shape index (κ3) is 3.52. The van der Waals surface area contributed by atoms with Gasteiger partial charge in [0.1, 0.15) is 5.69 Å². The van der Waals surface area contributed by atoms with Crippen LogP contribution in [0.2, 0.25) is 0 Å². The van der Waals surface area contributed by atoms with Crippen molar-refractivity contribution in [3.63, 3.8) is 0 Å². The number of methoxy groups -OCH3 is 1. The van der Waals surface area contributed by atoms with E-state index in [4.69, 9.17) is 4.74 Å². The van der Waals surface area contributed by atoms with Gasteiger partial charge in [-0.25, -0.2) is 0 Å². The fourth-order valence-electron chi connectivity index (χ4n) is 4.95. The maximum Gasteiger partial charge on any atom is 0.273 e. The summed E-state index contributed by atoms with van der Waals surface area (Å²) in [5, 5.41) is 11.9. The molecule has 2 aliphatic heterocycles. The molecule has 4 rings (SSSR count). The van der Waals surface area contributed by atoms with Crippen LogP contribution in [0.3, 0.4) is 0 Å². The lowest BCUT2D eigenvalue weighted by molar-refractivity contribution is 0.0396. The normalized spacial score (nSPS) is 22.2. The second-order valence-electron chi connectivity index (χ2n) is 8.14. The highest BCUT2D eigenvalue weighted by Gasteiger charge is 2.48. The van der Waals surface area contributed by atoms with E-state index in [-0.39, 0.29) is 23.8 Å². The van der Waals surface area contributed by atoms with Crippen molar-refractivity contribution in [2.24, 2.45) is 11.3 Å². The smallest absolute Gasteiger partial charge is 0.273 e. The number of piperidine rings is 1. The Morgan fingerprint density at radius 2 is 2.07 bits per heavy atom. The van der Waals surface area contributed by atoms with E-state index in [1.54, 1.807) is 13.3 Å². The molecule has 0 bridgehead atoms. The van der Waals surface area contributed by atoms with Gasteiger partial charge in [0.2, 0.25) is 0 Å². The first kappa shape index (κ1) is 19.3. The van der Waals surface area contributed by atoms with Crippen molar-refractivity contribution in [1.82, 2.24) is 14.8 Å². The van der Waals surface area contributed by atoms with Gasteiger partial charge in [0.15, 0.2) is 0 Å². The summed E-state index contributed by atoms with van der Waals surface area (Å²) in [6.07, 6.45) is 3.57. The molecule has 0 aliphatic carbocycles. The van der Waals surface area contributed by atoms with Crippen molar-refractivity contribution in [3.8, 4) is 0 Å². The number of hydrogen-bond donors (Lipinski definition) is 1. The highest BCUT2D eigenvalue weighted by Crippen LogP contribution is 2.44. The van der Waals surface area contributed by atoms with Crippen molar-refractivity contribution in [2.45, 2.75) is 12.8 Å². The number of aromatic nitrogens is 1. The molecule has 0 radical (unpaired) electrons. The van der Waals surface area contributed by atoms with Crippen LogP contribution in [0.5, 0.6) is 0 Å². The van der Waals surface area contributed by atoms with Crippen LogP contribution in [-0.2, 0) is 4.74 Å². The molecule has 28 heavy (non-hydrogen) atoms. The van der Waals surface area contributed by atoms with Crippen LogP contribution >= 0.6 is 0 Å². The van der Waals surface area contributed by atoms with Gasteiger partial charge in [0, 0.05) is 63.9 Å². The first-order chi connectivity index (χ1) is 13.7. The minimum absolute atomic E-state index is 0.0152. The largest absolute Gasteiger partial charge is 0.396 e. The van der Waals surface area contributed by atoms with Crippen molar-refractivity contribution >= 4 is 16.7 Å². The summed E-state index contributed by atoms with van der Waals surface area (Å²) in [7, 11) is 1.72. The Labute approximate surface area is 166 Å². The SMILES string of the molecule is COCCN1CC(CO)C2(CCN(C(=O)c3nccc4ccccc34)CC2)C1. The van der Waals surface area contributed by atoms with Crippen LogP contribution in [-0.4, -0.2) is 78.8 Å². The van der Waals surface area contributed by atoms with E-state index in [2.05, 4.69) is 9.88 Å². The van der Waals surface area contributed by atoms with Crippen molar-refractivity contribution in [3.05, 3.63) is 42.2 Å². The average Bonchev–Trinajstić information content (AvgIpc) is 3.08. The summed E-state index contributed by atoms with van der Waals surface area (Å²) < 4.78 is 5.22. The second-order valence-corrected chi connectivity index (χ2v) is 8.14. The van der Waals surface area contributed by atoms with Crippen LogP contribution in [0, 0.1) is 11.3 Å². The summed E-state index contributed by atoms with van der Waals surface area (Å²) in [5.74, 6) is 0.290. The zero-order valence-electron chi connectivity index (χ0n) is 16.5. The predicted molar refractivity (Wildman–Crippen MR) is 108 cm³/mol. The fourth-order valence-corrected chi connectivity index (χ4v) is 4.95. The second kappa shape index (κ2) is 8.15. The number of fused-ring (bicyclic) bond motifs is 1. The average molecular weight is 383 g/mol. The zero-order chi connectivity index (χ0) is 19.6. The number of benzene rings is 1. The van der Waals surface area contributed by atoms with Crippen LogP contribution in [0.25, 0.3) is 10.8 Å². The highest BCUT2D eigenvalue weighted by molar-refractivity contribution is 6.05. The summed E-state index contributed by atoms with van der Waals surface area (Å²) >= 11 is 0. The van der Waals surface area contributed by atoms with Gasteiger partial charge in [-0.05, 0) is 29.7 Å². The topological polar surface area (TPSA) is 65.9 Å². The number of amides is 1. The molecule has 2 aromatic rings. The van der Waals surface area contributed by atoms with E-state index in [0.29, 0.717) is 12.3 Å². The fraction of sp³-hybridized carbons (Fsp3) is 0.545. The lowest BCUT2D eigenvalue weighted by Gasteiger charge is -2.42. The summed E-state index contributed by atoms with van der Waals surface area (Å²) in [6, 6.07) is 9.85. The Bertz CT molecular complexity index is 827. The predicted octanol–water partition coefficient (Wildman–Crippen LogP) is 2.03. The number of aliphatic hydroxyl groups is 1. The van der Waals surface area contributed by atoms with Gasteiger partial charge in [-0.2, -0.15) is 0 Å². The lowest BCUT2D eigenvalue weighted by atomic mass is 9.71. The number of pyridine rings is 1. The van der Waals surface area contributed by atoms with Gasteiger partial charge in [-0.15, -0.1) is 0 Å². The third-order valence-corrected chi connectivity index (χ3v) is 6.64. The number of rotatable bonds is 5. The molecule has 1 unspecified atom stereocenters. The molecule has 1 amide bonds. The van der Waals surface area contributed by atoms with Gasteiger partial charge in [0.25, 0.3) is 5.91 Å². The number of likely N-dealkylation sites (tertiary alicyclic amines) is 2. The van der Waals surface area contributed by atoms with Crippen LogP contribution in [0.15, 0.2) is 36.5 Å². The standard InChI is InChI=1S/C22H29N3O3/c1-28-13-12-24-14-18(15-26)22(16-24)7-10-25(11-8-22)21(27)20-19-5-3-2-4-17(19)6-9-23-20/h2-6,9,18,26H,7-8,10-16H2,1H3. The van der Waals surface area contributed by atoms with Gasteiger partial charge in [-0.1, -0.05) is 24.3 Å². The maximum atomic E-state index is 13.2. The highest BCUT2D eigenvalue weighted by atomic mass is 16.5. The molecule has 3 heterocycles. The maximum absolute atomic E-state index is 13.2. The monoisotopic (exact) mass is 383 g/mol. The first-order valence-electron chi connectivity index (χ1n) is 10.1. The van der Waals surface area contributed by atoms with E-state index in [1.807, 2.05) is 35.2 Å². The van der Waals surface area contributed by atoms with Gasteiger partial charge in [-0.3, -0.25) is 9.78 Å². The molecular formula is C22H29N3O3. The van der Waals surface area contributed by atoms with E-state index < -0.39 is 0 Å². The molecule has 150 valence electrons. The Hall–Kier alpha value is -2.02. The Morgan fingerprint density at radius 3 is 2.82 bits per heavy atom. The van der Waals surface area contributed by atoms with E-state index in [9.17, 15) is 9.90 Å². The molecule has 0 saturated carbocycles. The first-order valence-corrected chi connectivity index (χ1v) is 10.1. The summed E-state index contributed by atoms with van der Waals surface area (Å²) in [6.45, 7) is 5.16. The minimum Gasteiger partial charge on any atom is -0.396 e. The molecule has 6 nitrogen and oxygen atoms in total. The molecule has 6 heteroatoms. The molecule has 1 aromatic heterocycles. The molecule has 1 spiro atoms. The molecule has 1 N–H and O–H groups in total. The van der Waals surface area contributed by atoms with Crippen molar-refractivity contribution in [2.75, 3.05) is 53.0 Å². The number of carbonyl (C=O) groups is 1. The quantitative estimate of drug-likeness (QED) is 0.856. The molecule has 1 aromatic carbocycles. The summed E-state index contributed by atoms with van der Waals surface area (Å²) in [5.41, 5.74) is 0.645. The number of carbonyl (C=O) groups excluding carboxylic acids is 1. The number of ether oxygens (including phenoxy) is 1. The van der Waals surface area contributed by atoms with E-state index in [1.165, 1.54) is 0 Å². The van der Waals surface area contributed by atoms with Gasteiger partial charge >= 0.3 is 0 Å².